The number of rotatable bonds is 7. The van der Waals surface area contributed by atoms with Crippen LogP contribution in [0.4, 0.5) is 4.39 Å². The number of para-hydroxylation sites is 1. The average molecular weight is 456 g/mol. The zero-order valence-electron chi connectivity index (χ0n) is 18.1. The van der Waals surface area contributed by atoms with Gasteiger partial charge >= 0.3 is 0 Å². The number of hydrogen-bond donors (Lipinski definition) is 1. The molecule has 1 atom stereocenters. The second kappa shape index (κ2) is 9.75. The predicted octanol–water partition coefficient (Wildman–Crippen LogP) is 3.65. The number of aromatic nitrogens is 1. The maximum atomic E-state index is 13.6. The van der Waals surface area contributed by atoms with Crippen LogP contribution in [-0.2, 0) is 27.9 Å². The highest BCUT2D eigenvalue weighted by Crippen LogP contribution is 2.41. The van der Waals surface area contributed by atoms with Crippen molar-refractivity contribution in [3.63, 3.8) is 0 Å². The van der Waals surface area contributed by atoms with Gasteiger partial charge in [0, 0.05) is 50.3 Å². The van der Waals surface area contributed by atoms with Crippen LogP contribution >= 0.6 is 11.8 Å². The van der Waals surface area contributed by atoms with Crippen molar-refractivity contribution < 1.29 is 18.7 Å². The number of amides is 2. The van der Waals surface area contributed by atoms with Gasteiger partial charge in [-0.2, -0.15) is 0 Å². The quantitative estimate of drug-likeness (QED) is 0.553. The van der Waals surface area contributed by atoms with Crippen molar-refractivity contribution in [2.24, 2.45) is 7.05 Å². The summed E-state index contributed by atoms with van der Waals surface area (Å²) in [5, 5.41) is 4.86. The Balaban J connectivity index is 1.72. The van der Waals surface area contributed by atoms with Crippen molar-refractivity contribution in [3.8, 4) is 0 Å². The van der Waals surface area contributed by atoms with Crippen molar-refractivity contribution in [1.29, 1.82) is 0 Å². The highest BCUT2D eigenvalue weighted by Gasteiger charge is 2.38. The molecule has 0 spiro atoms. The van der Waals surface area contributed by atoms with Gasteiger partial charge in [0.1, 0.15) is 11.9 Å². The van der Waals surface area contributed by atoms with E-state index in [9.17, 15) is 14.0 Å². The molecule has 0 saturated heterocycles. The monoisotopic (exact) mass is 455 g/mol. The van der Waals surface area contributed by atoms with Crippen LogP contribution < -0.4 is 5.32 Å². The number of nitrogens with zero attached hydrogens (tertiary/aromatic N) is 2. The molecule has 3 aromatic rings. The van der Waals surface area contributed by atoms with E-state index in [0.717, 1.165) is 27.1 Å². The van der Waals surface area contributed by atoms with E-state index in [0.29, 0.717) is 19.6 Å². The Morgan fingerprint density at radius 3 is 2.72 bits per heavy atom. The lowest BCUT2D eigenvalue weighted by Gasteiger charge is -2.29. The molecule has 32 heavy (non-hydrogen) atoms. The molecule has 168 valence electrons. The molecule has 4 rings (SSSR count). The number of nitrogens with one attached hydrogen (secondary N) is 1. The minimum absolute atomic E-state index is 0.0756. The molecule has 1 aliphatic heterocycles. The molecular formula is C24H26FN3O3S. The van der Waals surface area contributed by atoms with E-state index in [4.69, 9.17) is 4.74 Å². The predicted molar refractivity (Wildman–Crippen MR) is 123 cm³/mol. The molecule has 6 nitrogen and oxygen atoms in total. The molecule has 2 aromatic carbocycles. The molecule has 1 aromatic heterocycles. The van der Waals surface area contributed by atoms with Gasteiger partial charge in [0.25, 0.3) is 0 Å². The van der Waals surface area contributed by atoms with Crippen molar-refractivity contribution >= 4 is 34.5 Å². The van der Waals surface area contributed by atoms with E-state index in [1.165, 1.54) is 23.9 Å². The highest BCUT2D eigenvalue weighted by atomic mass is 32.2. The van der Waals surface area contributed by atoms with E-state index < -0.39 is 6.04 Å². The number of fused-ring (bicyclic) bond motifs is 3. The molecule has 1 unspecified atom stereocenters. The molecule has 2 amide bonds. The van der Waals surface area contributed by atoms with Crippen LogP contribution in [0.25, 0.3) is 10.9 Å². The molecular weight excluding hydrogens is 429 g/mol. The number of methoxy groups -OCH3 is 1. The normalized spacial score (nSPS) is 16.2. The number of ether oxygens (including phenoxy) is 1. The van der Waals surface area contributed by atoms with Crippen LogP contribution in [0.5, 0.6) is 0 Å². The summed E-state index contributed by atoms with van der Waals surface area (Å²) in [6.07, 6.45) is 0.634. The lowest BCUT2D eigenvalue weighted by molar-refractivity contribution is -0.139. The molecule has 0 fully saturated rings. The summed E-state index contributed by atoms with van der Waals surface area (Å²) in [6, 6.07) is 13.2. The van der Waals surface area contributed by atoms with E-state index >= 15 is 0 Å². The number of benzene rings is 2. The molecule has 0 saturated carbocycles. The van der Waals surface area contributed by atoms with Crippen LogP contribution in [0.1, 0.15) is 23.6 Å². The molecule has 0 bridgehead atoms. The fourth-order valence-corrected chi connectivity index (χ4v) is 5.24. The topological polar surface area (TPSA) is 63.6 Å². The second-order valence-corrected chi connectivity index (χ2v) is 8.73. The van der Waals surface area contributed by atoms with E-state index in [1.807, 2.05) is 31.3 Å². The number of carbonyl (C=O) groups is 2. The molecule has 8 heteroatoms. The highest BCUT2D eigenvalue weighted by molar-refractivity contribution is 8.00. The molecule has 1 N–H and O–H groups in total. The smallest absolute Gasteiger partial charge is 0.247 e. The SMILES string of the molecule is COCCCN1C(=O)CSc2c(c3ccccc3n2C)C1C(=O)NCc1ccc(F)cc1. The summed E-state index contributed by atoms with van der Waals surface area (Å²) in [4.78, 5) is 28.3. The maximum absolute atomic E-state index is 13.6. The zero-order valence-corrected chi connectivity index (χ0v) is 19.0. The van der Waals surface area contributed by atoms with Gasteiger partial charge in [0.15, 0.2) is 0 Å². The lowest BCUT2D eigenvalue weighted by Crippen LogP contribution is -2.44. The van der Waals surface area contributed by atoms with E-state index in [1.54, 1.807) is 24.1 Å². The fraction of sp³-hybridized carbons (Fsp3) is 0.333. The first-order chi connectivity index (χ1) is 15.5. The Bertz CT molecular complexity index is 1130. The lowest BCUT2D eigenvalue weighted by atomic mass is 10.0. The number of hydrogen-bond acceptors (Lipinski definition) is 4. The first-order valence-corrected chi connectivity index (χ1v) is 11.5. The number of aryl methyl sites for hydroxylation is 1. The summed E-state index contributed by atoms with van der Waals surface area (Å²) in [6.45, 7) is 1.18. The molecule has 0 radical (unpaired) electrons. The standard InChI is InChI=1S/C24H26FN3O3S/c1-27-19-7-4-3-6-18(19)21-22(23(30)26-14-16-8-10-17(25)11-9-16)28(12-5-13-31-2)20(29)15-32-24(21)27/h3-4,6-11,22H,5,12-15H2,1-2H3,(H,26,30). The third-order valence-corrected chi connectivity index (χ3v) is 6.86. The molecule has 0 aliphatic carbocycles. The second-order valence-electron chi connectivity index (χ2n) is 7.76. The van der Waals surface area contributed by atoms with Gasteiger partial charge in [-0.15, -0.1) is 0 Å². The van der Waals surface area contributed by atoms with Crippen LogP contribution in [0.2, 0.25) is 0 Å². The Kier molecular flexibility index (Phi) is 6.81. The van der Waals surface area contributed by atoms with Gasteiger partial charge in [0.05, 0.1) is 10.8 Å². The van der Waals surface area contributed by atoms with E-state index in [-0.39, 0.29) is 29.9 Å². The summed E-state index contributed by atoms with van der Waals surface area (Å²) < 4.78 is 20.5. The third kappa shape index (κ3) is 4.38. The summed E-state index contributed by atoms with van der Waals surface area (Å²) in [5.74, 6) is -0.379. The Labute approximate surface area is 190 Å². The largest absolute Gasteiger partial charge is 0.385 e. The van der Waals surface area contributed by atoms with Crippen LogP contribution in [-0.4, -0.2) is 47.3 Å². The van der Waals surface area contributed by atoms with Crippen LogP contribution in [0, 0.1) is 5.82 Å². The Hall–Kier alpha value is -2.84. The summed E-state index contributed by atoms with van der Waals surface area (Å²) >= 11 is 1.47. The minimum Gasteiger partial charge on any atom is -0.385 e. The van der Waals surface area contributed by atoms with E-state index in [2.05, 4.69) is 9.88 Å². The number of carbonyl (C=O) groups excluding carboxylic acids is 2. The Morgan fingerprint density at radius 1 is 1.22 bits per heavy atom. The first-order valence-electron chi connectivity index (χ1n) is 10.5. The first kappa shape index (κ1) is 22.4. The average Bonchev–Trinajstić information content (AvgIpc) is 2.98. The maximum Gasteiger partial charge on any atom is 0.247 e. The number of thioether (sulfide) groups is 1. The summed E-state index contributed by atoms with van der Waals surface area (Å²) in [7, 11) is 3.59. The molecule has 2 heterocycles. The third-order valence-electron chi connectivity index (χ3n) is 5.70. The fourth-order valence-electron chi connectivity index (χ4n) is 4.14. The van der Waals surface area contributed by atoms with Crippen molar-refractivity contribution in [3.05, 3.63) is 65.5 Å². The summed E-state index contributed by atoms with van der Waals surface area (Å²) in [5.41, 5.74) is 2.67. The number of halogens is 1. The van der Waals surface area contributed by atoms with Gasteiger partial charge in [-0.05, 0) is 30.2 Å². The van der Waals surface area contributed by atoms with Crippen LogP contribution in [0.15, 0.2) is 53.6 Å². The van der Waals surface area contributed by atoms with Gasteiger partial charge in [-0.3, -0.25) is 9.59 Å². The zero-order chi connectivity index (χ0) is 22.7. The van der Waals surface area contributed by atoms with Gasteiger partial charge < -0.3 is 19.5 Å². The van der Waals surface area contributed by atoms with Crippen molar-refractivity contribution in [2.45, 2.75) is 24.0 Å². The van der Waals surface area contributed by atoms with Gasteiger partial charge in [0.2, 0.25) is 11.8 Å². The molecule has 1 aliphatic rings. The van der Waals surface area contributed by atoms with Crippen LogP contribution in [0.3, 0.4) is 0 Å². The van der Waals surface area contributed by atoms with Crippen molar-refractivity contribution in [1.82, 2.24) is 14.8 Å². The van der Waals surface area contributed by atoms with Crippen molar-refractivity contribution in [2.75, 3.05) is 26.0 Å². The Morgan fingerprint density at radius 2 is 1.97 bits per heavy atom. The minimum atomic E-state index is -0.754. The van der Waals surface area contributed by atoms with Gasteiger partial charge in [-0.1, -0.05) is 42.1 Å². The van der Waals surface area contributed by atoms with Gasteiger partial charge in [-0.25, -0.2) is 4.39 Å².